The number of likely N-dealkylation sites (N-methyl/N-ethyl adjacent to an activating group) is 1. The minimum absolute atomic E-state index is 0.200. The topological polar surface area (TPSA) is 12.0 Å². The van der Waals surface area contributed by atoms with E-state index in [4.69, 9.17) is 23.2 Å². The lowest BCUT2D eigenvalue weighted by Gasteiger charge is -2.20. The van der Waals surface area contributed by atoms with Crippen LogP contribution in [-0.4, -0.2) is 6.54 Å². The van der Waals surface area contributed by atoms with Gasteiger partial charge in [-0.1, -0.05) is 60.5 Å². The highest BCUT2D eigenvalue weighted by molar-refractivity contribution is 6.32. The fraction of sp³-hybridized carbons (Fsp3) is 0.294. The lowest BCUT2D eigenvalue weighted by Crippen LogP contribution is -2.23. The Hall–Kier alpha value is -1.02. The smallest absolute Gasteiger partial charge is 0.0483 e. The second-order valence-electron chi connectivity index (χ2n) is 4.92. The molecule has 0 spiro atoms. The summed E-state index contributed by atoms with van der Waals surface area (Å²) in [6.07, 6.45) is 0.873. The van der Waals surface area contributed by atoms with Crippen molar-refractivity contribution in [1.29, 1.82) is 0 Å². The van der Waals surface area contributed by atoms with Crippen molar-refractivity contribution < 1.29 is 0 Å². The predicted octanol–water partition coefficient (Wildman–Crippen LogP) is 5.20. The van der Waals surface area contributed by atoms with E-state index in [-0.39, 0.29) is 6.04 Å². The first-order valence-electron chi connectivity index (χ1n) is 6.84. The molecule has 2 aromatic rings. The van der Waals surface area contributed by atoms with Gasteiger partial charge >= 0.3 is 0 Å². The molecule has 1 unspecified atom stereocenters. The summed E-state index contributed by atoms with van der Waals surface area (Å²) in [6.45, 7) is 5.04. The van der Waals surface area contributed by atoms with E-state index in [2.05, 4.69) is 30.4 Å². The van der Waals surface area contributed by atoms with Gasteiger partial charge in [0.05, 0.1) is 0 Å². The monoisotopic (exact) mass is 307 g/mol. The maximum absolute atomic E-state index is 6.46. The van der Waals surface area contributed by atoms with E-state index in [1.807, 2.05) is 31.2 Å². The second kappa shape index (κ2) is 7.12. The Kier molecular flexibility index (Phi) is 5.47. The SMILES string of the molecule is CCNC(Cc1cccc(Cl)c1)c1cccc(C)c1Cl. The molecule has 0 aromatic heterocycles. The molecule has 0 saturated heterocycles. The zero-order chi connectivity index (χ0) is 14.5. The van der Waals surface area contributed by atoms with Gasteiger partial charge in [0.1, 0.15) is 0 Å². The molecule has 0 saturated carbocycles. The third-order valence-corrected chi connectivity index (χ3v) is 4.13. The normalized spacial score (nSPS) is 12.4. The summed E-state index contributed by atoms with van der Waals surface area (Å²) in [7, 11) is 0. The first kappa shape index (κ1) is 15.4. The number of aryl methyl sites for hydroxylation is 1. The summed E-state index contributed by atoms with van der Waals surface area (Å²) in [5, 5.41) is 5.13. The van der Waals surface area contributed by atoms with E-state index in [9.17, 15) is 0 Å². The standard InChI is InChI=1S/C17H19Cl2N/c1-3-20-16(11-13-7-5-8-14(18)10-13)15-9-4-6-12(2)17(15)19/h4-10,16,20H,3,11H2,1-2H3. The minimum Gasteiger partial charge on any atom is -0.310 e. The molecule has 106 valence electrons. The van der Waals surface area contributed by atoms with Crippen molar-refractivity contribution in [3.05, 3.63) is 69.2 Å². The van der Waals surface area contributed by atoms with Crippen molar-refractivity contribution in [2.24, 2.45) is 0 Å². The molecule has 0 bridgehead atoms. The number of benzene rings is 2. The van der Waals surface area contributed by atoms with Gasteiger partial charge in [0.15, 0.2) is 0 Å². The van der Waals surface area contributed by atoms with Crippen LogP contribution >= 0.6 is 23.2 Å². The summed E-state index contributed by atoms with van der Waals surface area (Å²) in [4.78, 5) is 0. The van der Waals surface area contributed by atoms with Gasteiger partial charge in [-0.15, -0.1) is 0 Å². The van der Waals surface area contributed by atoms with Crippen LogP contribution in [0, 0.1) is 6.92 Å². The molecule has 2 rings (SSSR count). The Morgan fingerprint density at radius 1 is 1.10 bits per heavy atom. The highest BCUT2D eigenvalue weighted by Crippen LogP contribution is 2.28. The lowest BCUT2D eigenvalue weighted by atomic mass is 9.97. The van der Waals surface area contributed by atoms with E-state index >= 15 is 0 Å². The number of hydrogen-bond donors (Lipinski definition) is 1. The van der Waals surface area contributed by atoms with Crippen molar-refractivity contribution in [1.82, 2.24) is 5.32 Å². The Labute approximate surface area is 130 Å². The molecular formula is C17H19Cl2N. The van der Waals surface area contributed by atoms with Crippen LogP contribution in [0.1, 0.15) is 29.7 Å². The van der Waals surface area contributed by atoms with Gasteiger partial charge in [0.2, 0.25) is 0 Å². The van der Waals surface area contributed by atoms with Crippen LogP contribution in [0.25, 0.3) is 0 Å². The first-order chi connectivity index (χ1) is 9.61. The van der Waals surface area contributed by atoms with Crippen molar-refractivity contribution in [2.45, 2.75) is 26.3 Å². The van der Waals surface area contributed by atoms with Crippen molar-refractivity contribution in [3.63, 3.8) is 0 Å². The molecule has 2 aromatic carbocycles. The molecule has 0 aliphatic rings. The van der Waals surface area contributed by atoms with Gasteiger partial charge in [0, 0.05) is 16.1 Å². The first-order valence-corrected chi connectivity index (χ1v) is 7.60. The molecule has 0 amide bonds. The van der Waals surface area contributed by atoms with Crippen LogP contribution in [-0.2, 0) is 6.42 Å². The van der Waals surface area contributed by atoms with E-state index < -0.39 is 0 Å². The zero-order valence-electron chi connectivity index (χ0n) is 11.8. The van der Waals surface area contributed by atoms with Crippen LogP contribution in [0.2, 0.25) is 10.0 Å². The molecule has 0 aliphatic heterocycles. The Bertz CT molecular complexity index is 581. The molecule has 1 atom stereocenters. The van der Waals surface area contributed by atoms with E-state index in [0.717, 1.165) is 34.1 Å². The van der Waals surface area contributed by atoms with Crippen LogP contribution in [0.15, 0.2) is 42.5 Å². The van der Waals surface area contributed by atoms with E-state index in [1.165, 1.54) is 5.56 Å². The number of halogens is 2. The molecule has 0 radical (unpaired) electrons. The maximum atomic E-state index is 6.46. The molecule has 3 heteroatoms. The Morgan fingerprint density at radius 2 is 1.85 bits per heavy atom. The van der Waals surface area contributed by atoms with Gasteiger partial charge in [-0.25, -0.2) is 0 Å². The summed E-state index contributed by atoms with van der Waals surface area (Å²) in [6, 6.07) is 14.4. The van der Waals surface area contributed by atoms with Gasteiger partial charge in [-0.2, -0.15) is 0 Å². The second-order valence-corrected chi connectivity index (χ2v) is 5.74. The van der Waals surface area contributed by atoms with Crippen molar-refractivity contribution >= 4 is 23.2 Å². The van der Waals surface area contributed by atoms with Crippen LogP contribution < -0.4 is 5.32 Å². The molecule has 20 heavy (non-hydrogen) atoms. The van der Waals surface area contributed by atoms with Gasteiger partial charge in [-0.05, 0) is 48.7 Å². The maximum Gasteiger partial charge on any atom is 0.0483 e. The molecule has 0 heterocycles. The van der Waals surface area contributed by atoms with Gasteiger partial charge in [-0.3, -0.25) is 0 Å². The van der Waals surface area contributed by atoms with Crippen molar-refractivity contribution in [3.8, 4) is 0 Å². The summed E-state index contributed by atoms with van der Waals surface area (Å²) in [5.41, 5.74) is 3.47. The van der Waals surface area contributed by atoms with Crippen molar-refractivity contribution in [2.75, 3.05) is 6.54 Å². The quantitative estimate of drug-likeness (QED) is 0.801. The van der Waals surface area contributed by atoms with Crippen LogP contribution in [0.5, 0.6) is 0 Å². The minimum atomic E-state index is 0.200. The number of nitrogens with one attached hydrogen (secondary N) is 1. The molecule has 0 fully saturated rings. The highest BCUT2D eigenvalue weighted by atomic mass is 35.5. The summed E-state index contributed by atoms with van der Waals surface area (Å²) in [5.74, 6) is 0. The van der Waals surface area contributed by atoms with Gasteiger partial charge in [0.25, 0.3) is 0 Å². The molecule has 1 nitrogen and oxygen atoms in total. The average molecular weight is 308 g/mol. The van der Waals surface area contributed by atoms with Crippen LogP contribution in [0.4, 0.5) is 0 Å². The fourth-order valence-corrected chi connectivity index (χ4v) is 2.85. The summed E-state index contributed by atoms with van der Waals surface area (Å²) >= 11 is 12.5. The third-order valence-electron chi connectivity index (χ3n) is 3.38. The Balaban J connectivity index is 2.29. The number of hydrogen-bond acceptors (Lipinski definition) is 1. The van der Waals surface area contributed by atoms with Crippen LogP contribution in [0.3, 0.4) is 0 Å². The number of rotatable bonds is 5. The zero-order valence-corrected chi connectivity index (χ0v) is 13.3. The van der Waals surface area contributed by atoms with E-state index in [1.54, 1.807) is 0 Å². The predicted molar refractivity (Wildman–Crippen MR) is 87.8 cm³/mol. The van der Waals surface area contributed by atoms with Gasteiger partial charge < -0.3 is 5.32 Å². The van der Waals surface area contributed by atoms with E-state index in [0.29, 0.717) is 0 Å². The third kappa shape index (κ3) is 3.76. The molecule has 1 N–H and O–H groups in total. The highest BCUT2D eigenvalue weighted by Gasteiger charge is 2.15. The average Bonchev–Trinajstić information content (AvgIpc) is 2.42. The Morgan fingerprint density at radius 3 is 2.55 bits per heavy atom. The lowest BCUT2D eigenvalue weighted by molar-refractivity contribution is 0.550. The molecule has 0 aliphatic carbocycles. The summed E-state index contributed by atoms with van der Waals surface area (Å²) < 4.78 is 0. The molecular weight excluding hydrogens is 289 g/mol. The fourth-order valence-electron chi connectivity index (χ4n) is 2.38. The largest absolute Gasteiger partial charge is 0.310 e.